The largest absolute Gasteiger partial charge is 0.508 e. The van der Waals surface area contributed by atoms with Gasteiger partial charge in [0.1, 0.15) is 17.4 Å². The molecular weight excluding hydrogens is 344 g/mol. The minimum atomic E-state index is -0.537. The summed E-state index contributed by atoms with van der Waals surface area (Å²) in [6, 6.07) is 13.1. The second kappa shape index (κ2) is 9.88. The molecule has 0 radical (unpaired) electrons. The van der Waals surface area contributed by atoms with Gasteiger partial charge in [0.25, 0.3) is 5.91 Å². The Morgan fingerprint density at radius 2 is 1.96 bits per heavy atom. The van der Waals surface area contributed by atoms with Crippen LogP contribution in [0.1, 0.15) is 25.3 Å². The normalized spacial score (nSPS) is 10.8. The van der Waals surface area contributed by atoms with Crippen LogP contribution in [0.4, 0.5) is 5.69 Å². The van der Waals surface area contributed by atoms with Crippen LogP contribution in [0, 0.1) is 11.3 Å². The van der Waals surface area contributed by atoms with E-state index in [9.17, 15) is 15.2 Å². The van der Waals surface area contributed by atoms with Gasteiger partial charge in [0.05, 0.1) is 13.7 Å². The van der Waals surface area contributed by atoms with Crippen molar-refractivity contribution in [3.63, 3.8) is 0 Å². The van der Waals surface area contributed by atoms with Crippen molar-refractivity contribution < 1.29 is 19.4 Å². The maximum atomic E-state index is 12.3. The number of phenolic OH excluding ortho intramolecular Hbond substituents is 1. The minimum Gasteiger partial charge on any atom is -0.508 e. The molecule has 0 atom stereocenters. The molecule has 0 bridgehead atoms. The average Bonchev–Trinajstić information content (AvgIpc) is 2.68. The lowest BCUT2D eigenvalue weighted by molar-refractivity contribution is -0.112. The van der Waals surface area contributed by atoms with Crippen LogP contribution in [0.2, 0.25) is 0 Å². The Labute approximate surface area is 158 Å². The van der Waals surface area contributed by atoms with Crippen LogP contribution in [0.25, 0.3) is 6.08 Å². The van der Waals surface area contributed by atoms with Crippen molar-refractivity contribution in [2.45, 2.75) is 19.8 Å². The number of methoxy groups -OCH3 is 1. The number of nitrogens with one attached hydrogen (secondary N) is 1. The SMILES string of the molecule is CCCCOc1ccc(/C=C(\C#N)C(=O)Nc2ccc(O)cc2)cc1OC. The van der Waals surface area contributed by atoms with E-state index in [-0.39, 0.29) is 11.3 Å². The maximum absolute atomic E-state index is 12.3. The second-order valence-corrected chi connectivity index (χ2v) is 5.78. The van der Waals surface area contributed by atoms with Crippen molar-refractivity contribution in [2.75, 3.05) is 19.0 Å². The fourth-order valence-electron chi connectivity index (χ4n) is 2.28. The minimum absolute atomic E-state index is 0.0511. The molecule has 2 rings (SSSR count). The number of amides is 1. The van der Waals surface area contributed by atoms with E-state index >= 15 is 0 Å². The number of aromatic hydroxyl groups is 1. The number of unbranched alkanes of at least 4 members (excludes halogenated alkanes) is 1. The van der Waals surface area contributed by atoms with Crippen LogP contribution in [0.5, 0.6) is 17.2 Å². The van der Waals surface area contributed by atoms with Crippen molar-refractivity contribution in [2.24, 2.45) is 0 Å². The first-order valence-electron chi connectivity index (χ1n) is 8.60. The van der Waals surface area contributed by atoms with Crippen molar-refractivity contribution in [1.82, 2.24) is 0 Å². The number of nitriles is 1. The molecule has 140 valence electrons. The van der Waals surface area contributed by atoms with Gasteiger partial charge < -0.3 is 19.9 Å². The van der Waals surface area contributed by atoms with Crippen LogP contribution in [-0.4, -0.2) is 24.7 Å². The average molecular weight is 366 g/mol. The number of rotatable bonds is 8. The molecule has 6 nitrogen and oxygen atoms in total. The summed E-state index contributed by atoms with van der Waals surface area (Å²) in [6.45, 7) is 2.68. The molecule has 0 aliphatic rings. The van der Waals surface area contributed by atoms with Gasteiger partial charge in [-0.3, -0.25) is 4.79 Å². The molecule has 0 aromatic heterocycles. The second-order valence-electron chi connectivity index (χ2n) is 5.78. The highest BCUT2D eigenvalue weighted by Crippen LogP contribution is 2.29. The standard InChI is InChI=1S/C21H22N2O4/c1-3-4-11-27-19-10-5-15(13-20(19)26-2)12-16(14-22)21(25)23-17-6-8-18(24)9-7-17/h5-10,12-13,24H,3-4,11H2,1-2H3,(H,23,25)/b16-12+. The molecule has 0 aliphatic heterocycles. The Morgan fingerprint density at radius 3 is 2.59 bits per heavy atom. The van der Waals surface area contributed by atoms with Crippen molar-refractivity contribution >= 4 is 17.7 Å². The Balaban J connectivity index is 2.17. The van der Waals surface area contributed by atoms with E-state index in [0.717, 1.165) is 12.8 Å². The Hall–Kier alpha value is -3.46. The van der Waals surface area contributed by atoms with Gasteiger partial charge in [-0.2, -0.15) is 5.26 Å². The van der Waals surface area contributed by atoms with E-state index in [2.05, 4.69) is 12.2 Å². The van der Waals surface area contributed by atoms with Crippen molar-refractivity contribution in [1.29, 1.82) is 5.26 Å². The highest BCUT2D eigenvalue weighted by Gasteiger charge is 2.11. The van der Waals surface area contributed by atoms with Gasteiger partial charge in [0.15, 0.2) is 11.5 Å². The van der Waals surface area contributed by atoms with Gasteiger partial charge in [-0.15, -0.1) is 0 Å². The molecule has 0 saturated heterocycles. The molecule has 6 heteroatoms. The topological polar surface area (TPSA) is 91.6 Å². The number of carbonyl (C=O) groups excluding carboxylic acids is 1. The molecule has 0 saturated carbocycles. The van der Waals surface area contributed by atoms with E-state index in [1.807, 2.05) is 6.07 Å². The van der Waals surface area contributed by atoms with E-state index in [0.29, 0.717) is 29.4 Å². The van der Waals surface area contributed by atoms with Gasteiger partial charge in [-0.1, -0.05) is 19.4 Å². The van der Waals surface area contributed by atoms with Crippen LogP contribution >= 0.6 is 0 Å². The fraction of sp³-hybridized carbons (Fsp3) is 0.238. The molecule has 0 spiro atoms. The summed E-state index contributed by atoms with van der Waals surface area (Å²) in [5, 5.41) is 21.2. The summed E-state index contributed by atoms with van der Waals surface area (Å²) in [4.78, 5) is 12.3. The van der Waals surface area contributed by atoms with Gasteiger partial charge in [-0.05, 0) is 54.5 Å². The molecule has 2 aromatic carbocycles. The molecule has 27 heavy (non-hydrogen) atoms. The summed E-state index contributed by atoms with van der Waals surface area (Å²) in [5.41, 5.74) is 1.08. The lowest BCUT2D eigenvalue weighted by Gasteiger charge is -2.11. The number of hydrogen-bond acceptors (Lipinski definition) is 5. The first-order valence-corrected chi connectivity index (χ1v) is 8.60. The zero-order chi connectivity index (χ0) is 19.6. The third-order valence-electron chi connectivity index (χ3n) is 3.74. The monoisotopic (exact) mass is 366 g/mol. The highest BCUT2D eigenvalue weighted by atomic mass is 16.5. The van der Waals surface area contributed by atoms with E-state index in [1.165, 1.54) is 25.3 Å². The number of benzene rings is 2. The van der Waals surface area contributed by atoms with E-state index < -0.39 is 5.91 Å². The number of ether oxygens (including phenoxy) is 2. The first kappa shape index (κ1) is 19.9. The van der Waals surface area contributed by atoms with Crippen LogP contribution in [0.15, 0.2) is 48.0 Å². The van der Waals surface area contributed by atoms with Crippen molar-refractivity contribution in [3.05, 3.63) is 53.6 Å². The predicted molar refractivity (Wildman–Crippen MR) is 104 cm³/mol. The Morgan fingerprint density at radius 1 is 1.22 bits per heavy atom. The zero-order valence-corrected chi connectivity index (χ0v) is 15.4. The van der Waals surface area contributed by atoms with Crippen LogP contribution < -0.4 is 14.8 Å². The molecule has 0 unspecified atom stereocenters. The van der Waals surface area contributed by atoms with Crippen LogP contribution in [-0.2, 0) is 4.79 Å². The number of nitrogens with zero attached hydrogens (tertiary/aromatic N) is 1. The Kier molecular flexibility index (Phi) is 7.26. The molecular formula is C21H22N2O4. The maximum Gasteiger partial charge on any atom is 0.266 e. The molecule has 0 heterocycles. The fourth-order valence-corrected chi connectivity index (χ4v) is 2.28. The summed E-state index contributed by atoms with van der Waals surface area (Å²) in [5.74, 6) is 0.717. The third-order valence-corrected chi connectivity index (χ3v) is 3.74. The molecule has 1 amide bonds. The van der Waals surface area contributed by atoms with Gasteiger partial charge >= 0.3 is 0 Å². The van der Waals surface area contributed by atoms with Gasteiger partial charge in [0, 0.05) is 5.69 Å². The van der Waals surface area contributed by atoms with E-state index in [1.54, 1.807) is 30.3 Å². The highest BCUT2D eigenvalue weighted by molar-refractivity contribution is 6.09. The van der Waals surface area contributed by atoms with Crippen LogP contribution in [0.3, 0.4) is 0 Å². The molecule has 0 fully saturated rings. The lowest BCUT2D eigenvalue weighted by atomic mass is 10.1. The number of carbonyl (C=O) groups is 1. The Bertz CT molecular complexity index is 851. The predicted octanol–water partition coefficient (Wildman–Crippen LogP) is 4.13. The van der Waals surface area contributed by atoms with Gasteiger partial charge in [0.2, 0.25) is 0 Å². The quantitative estimate of drug-likeness (QED) is 0.317. The molecule has 2 aromatic rings. The summed E-state index contributed by atoms with van der Waals surface area (Å²) in [7, 11) is 1.54. The summed E-state index contributed by atoms with van der Waals surface area (Å²) >= 11 is 0. The summed E-state index contributed by atoms with van der Waals surface area (Å²) < 4.78 is 11.0. The number of anilines is 1. The first-order chi connectivity index (χ1) is 13.1. The van der Waals surface area contributed by atoms with E-state index in [4.69, 9.17) is 9.47 Å². The molecule has 2 N–H and O–H groups in total. The summed E-state index contributed by atoms with van der Waals surface area (Å²) in [6.07, 6.45) is 3.46. The lowest BCUT2D eigenvalue weighted by Crippen LogP contribution is -2.13. The van der Waals surface area contributed by atoms with Crippen molar-refractivity contribution in [3.8, 4) is 23.3 Å². The third kappa shape index (κ3) is 5.79. The number of phenols is 1. The smallest absolute Gasteiger partial charge is 0.266 e. The number of hydrogen-bond donors (Lipinski definition) is 2. The zero-order valence-electron chi connectivity index (χ0n) is 15.4. The molecule has 0 aliphatic carbocycles. The van der Waals surface area contributed by atoms with Gasteiger partial charge in [-0.25, -0.2) is 0 Å².